The average Bonchev–Trinajstić information content (AvgIpc) is 2.37. The summed E-state index contributed by atoms with van der Waals surface area (Å²) in [5.74, 6) is 0.983. The summed E-state index contributed by atoms with van der Waals surface area (Å²) < 4.78 is 0. The molecule has 1 aromatic heterocycles. The highest BCUT2D eigenvalue weighted by atomic mass is 15.2. The van der Waals surface area contributed by atoms with Gasteiger partial charge in [-0.2, -0.15) is 0 Å². The molecular formula is C15H24N4. The lowest BCUT2D eigenvalue weighted by Crippen LogP contribution is -2.35. The van der Waals surface area contributed by atoms with Gasteiger partial charge in [-0.1, -0.05) is 11.6 Å². The molecule has 1 N–H and O–H groups in total. The van der Waals surface area contributed by atoms with E-state index in [2.05, 4.69) is 49.0 Å². The van der Waals surface area contributed by atoms with Gasteiger partial charge in [0.1, 0.15) is 5.82 Å². The van der Waals surface area contributed by atoms with Crippen LogP contribution in [0.4, 0.5) is 5.82 Å². The second kappa shape index (κ2) is 5.70. The fraction of sp³-hybridized carbons (Fsp3) is 0.600. The van der Waals surface area contributed by atoms with Crippen molar-refractivity contribution in [3.63, 3.8) is 0 Å². The van der Waals surface area contributed by atoms with Crippen molar-refractivity contribution < 1.29 is 0 Å². The van der Waals surface area contributed by atoms with Crippen molar-refractivity contribution in [2.75, 3.05) is 18.0 Å². The minimum atomic E-state index is 0.0999. The Morgan fingerprint density at radius 3 is 2.74 bits per heavy atom. The summed E-state index contributed by atoms with van der Waals surface area (Å²) in [6.45, 7) is 11.4. The third-order valence-corrected chi connectivity index (χ3v) is 3.23. The van der Waals surface area contributed by atoms with Crippen molar-refractivity contribution in [2.45, 2.75) is 46.2 Å². The normalized spacial score (nSPS) is 16.4. The fourth-order valence-electron chi connectivity index (χ4n) is 1.97. The molecule has 0 aromatic carbocycles. The number of nitrogens with zero attached hydrogens (tertiary/aromatic N) is 3. The monoisotopic (exact) mass is 260 g/mol. The number of anilines is 1. The van der Waals surface area contributed by atoms with Crippen LogP contribution in [0.5, 0.6) is 0 Å². The Hall–Kier alpha value is -1.42. The predicted octanol–water partition coefficient (Wildman–Crippen LogP) is 2.52. The van der Waals surface area contributed by atoms with Crippen molar-refractivity contribution in [3.8, 4) is 0 Å². The summed E-state index contributed by atoms with van der Waals surface area (Å²) in [5.41, 5.74) is 2.57. The molecule has 0 atom stereocenters. The van der Waals surface area contributed by atoms with E-state index < -0.39 is 0 Å². The van der Waals surface area contributed by atoms with Gasteiger partial charge in [-0.25, -0.2) is 4.98 Å². The van der Waals surface area contributed by atoms with Crippen molar-refractivity contribution >= 4 is 5.82 Å². The molecule has 0 saturated carbocycles. The van der Waals surface area contributed by atoms with E-state index in [-0.39, 0.29) is 5.54 Å². The molecule has 0 spiro atoms. The maximum Gasteiger partial charge on any atom is 0.147 e. The van der Waals surface area contributed by atoms with E-state index in [0.717, 1.165) is 37.6 Å². The number of nitrogens with one attached hydrogen (secondary N) is 1. The van der Waals surface area contributed by atoms with E-state index in [0.29, 0.717) is 0 Å². The van der Waals surface area contributed by atoms with Gasteiger partial charge in [-0.3, -0.25) is 4.98 Å². The Balaban J connectivity index is 2.03. The van der Waals surface area contributed by atoms with Crippen LogP contribution in [0.1, 0.15) is 39.8 Å². The first-order valence-corrected chi connectivity index (χ1v) is 6.90. The predicted molar refractivity (Wildman–Crippen MR) is 79.2 cm³/mol. The highest BCUT2D eigenvalue weighted by molar-refractivity contribution is 5.39. The molecule has 0 radical (unpaired) electrons. The van der Waals surface area contributed by atoms with Crippen LogP contribution in [0.2, 0.25) is 0 Å². The average molecular weight is 260 g/mol. The molecule has 0 saturated heterocycles. The van der Waals surface area contributed by atoms with Gasteiger partial charge in [-0.05, 0) is 34.1 Å². The van der Waals surface area contributed by atoms with Crippen LogP contribution in [0, 0.1) is 0 Å². The van der Waals surface area contributed by atoms with E-state index in [1.54, 1.807) is 0 Å². The Kier molecular flexibility index (Phi) is 4.20. The van der Waals surface area contributed by atoms with Crippen molar-refractivity contribution in [1.82, 2.24) is 15.3 Å². The number of hydrogen-bond donors (Lipinski definition) is 1. The van der Waals surface area contributed by atoms with Gasteiger partial charge in [0, 0.05) is 31.4 Å². The van der Waals surface area contributed by atoms with Crippen LogP contribution in [0.3, 0.4) is 0 Å². The summed E-state index contributed by atoms with van der Waals surface area (Å²) in [4.78, 5) is 11.3. The SMILES string of the molecule is CC1=CCN(c2cncc(CNC(C)(C)C)n2)CC1. The highest BCUT2D eigenvalue weighted by Gasteiger charge is 2.13. The number of rotatable bonds is 3. The summed E-state index contributed by atoms with van der Waals surface area (Å²) >= 11 is 0. The molecule has 0 aliphatic carbocycles. The van der Waals surface area contributed by atoms with Gasteiger partial charge in [0.15, 0.2) is 0 Å². The van der Waals surface area contributed by atoms with Gasteiger partial charge in [-0.15, -0.1) is 0 Å². The quantitative estimate of drug-likeness (QED) is 0.848. The zero-order valence-electron chi connectivity index (χ0n) is 12.4. The van der Waals surface area contributed by atoms with Crippen molar-refractivity contribution in [1.29, 1.82) is 0 Å². The summed E-state index contributed by atoms with van der Waals surface area (Å²) in [6.07, 6.45) is 7.08. The van der Waals surface area contributed by atoms with Gasteiger partial charge < -0.3 is 10.2 Å². The molecule has 1 aliphatic heterocycles. The van der Waals surface area contributed by atoms with Crippen LogP contribution in [0.25, 0.3) is 0 Å². The van der Waals surface area contributed by atoms with Gasteiger partial charge >= 0.3 is 0 Å². The molecule has 4 nitrogen and oxygen atoms in total. The van der Waals surface area contributed by atoms with E-state index in [9.17, 15) is 0 Å². The standard InChI is InChI=1S/C15H24N4/c1-12-5-7-19(8-6-12)14-11-16-9-13(18-14)10-17-15(2,3)4/h5,9,11,17H,6-8,10H2,1-4H3. The zero-order chi connectivity index (χ0) is 13.9. The second-order valence-corrected chi connectivity index (χ2v) is 6.22. The number of aromatic nitrogens is 2. The summed E-state index contributed by atoms with van der Waals surface area (Å²) in [7, 11) is 0. The maximum absolute atomic E-state index is 4.70. The topological polar surface area (TPSA) is 41.1 Å². The van der Waals surface area contributed by atoms with E-state index in [1.807, 2.05) is 12.4 Å². The molecule has 4 heteroatoms. The van der Waals surface area contributed by atoms with Crippen LogP contribution in [-0.4, -0.2) is 28.6 Å². The van der Waals surface area contributed by atoms with Crippen LogP contribution in [-0.2, 0) is 6.54 Å². The Bertz CT molecular complexity index is 459. The minimum Gasteiger partial charge on any atom is -0.351 e. The van der Waals surface area contributed by atoms with Crippen LogP contribution in [0.15, 0.2) is 24.0 Å². The molecule has 0 bridgehead atoms. The largest absolute Gasteiger partial charge is 0.351 e. The van der Waals surface area contributed by atoms with Gasteiger partial charge in [0.05, 0.1) is 11.9 Å². The first kappa shape index (κ1) is 14.0. The third-order valence-electron chi connectivity index (χ3n) is 3.23. The van der Waals surface area contributed by atoms with E-state index >= 15 is 0 Å². The zero-order valence-corrected chi connectivity index (χ0v) is 12.4. The first-order chi connectivity index (χ1) is 8.94. The molecule has 0 fully saturated rings. The van der Waals surface area contributed by atoms with Crippen molar-refractivity contribution in [2.24, 2.45) is 0 Å². The highest BCUT2D eigenvalue weighted by Crippen LogP contribution is 2.16. The Labute approximate surface area is 115 Å². The maximum atomic E-state index is 4.70. The smallest absolute Gasteiger partial charge is 0.147 e. The third kappa shape index (κ3) is 4.31. The van der Waals surface area contributed by atoms with Gasteiger partial charge in [0.25, 0.3) is 0 Å². The lowest BCUT2D eigenvalue weighted by atomic mass is 10.1. The molecule has 2 rings (SSSR count). The van der Waals surface area contributed by atoms with E-state index in [1.165, 1.54) is 5.57 Å². The van der Waals surface area contributed by atoms with Crippen molar-refractivity contribution in [3.05, 3.63) is 29.7 Å². The molecule has 1 aliphatic rings. The summed E-state index contributed by atoms with van der Waals surface area (Å²) in [5, 5.41) is 3.44. The Morgan fingerprint density at radius 1 is 1.32 bits per heavy atom. The fourth-order valence-corrected chi connectivity index (χ4v) is 1.97. The molecule has 0 amide bonds. The molecule has 1 aromatic rings. The minimum absolute atomic E-state index is 0.0999. The molecule has 19 heavy (non-hydrogen) atoms. The van der Waals surface area contributed by atoms with E-state index in [4.69, 9.17) is 4.98 Å². The first-order valence-electron chi connectivity index (χ1n) is 6.90. The molecule has 2 heterocycles. The molecule has 0 unspecified atom stereocenters. The van der Waals surface area contributed by atoms with Crippen LogP contribution >= 0.6 is 0 Å². The second-order valence-electron chi connectivity index (χ2n) is 6.22. The van der Waals surface area contributed by atoms with Gasteiger partial charge in [0.2, 0.25) is 0 Å². The Morgan fingerprint density at radius 2 is 2.11 bits per heavy atom. The lowest BCUT2D eigenvalue weighted by molar-refractivity contribution is 0.421. The lowest BCUT2D eigenvalue weighted by Gasteiger charge is -2.26. The molecular weight excluding hydrogens is 236 g/mol. The van der Waals surface area contributed by atoms with Crippen LogP contribution < -0.4 is 10.2 Å². The number of hydrogen-bond acceptors (Lipinski definition) is 4. The summed E-state index contributed by atoms with van der Waals surface area (Å²) in [6, 6.07) is 0. The molecule has 104 valence electrons.